The molecule has 2 heterocycles. The van der Waals surface area contributed by atoms with Gasteiger partial charge in [-0.05, 0) is 45.8 Å². The van der Waals surface area contributed by atoms with Crippen LogP contribution in [0.1, 0.15) is 84.3 Å². The molecule has 2 aromatic rings. The minimum atomic E-state index is -1.14. The number of alkyl carbamates (subject to hydrolysis) is 1. The molecule has 37 heavy (non-hydrogen) atoms. The molecule has 0 bridgehead atoms. The summed E-state index contributed by atoms with van der Waals surface area (Å²) in [6, 6.07) is 2.27. The van der Waals surface area contributed by atoms with Crippen LogP contribution < -0.4 is 10.6 Å². The third-order valence-electron chi connectivity index (χ3n) is 5.87. The number of hydrogen-bond acceptors (Lipinski definition) is 9. The predicted octanol–water partition coefficient (Wildman–Crippen LogP) is 3.31. The van der Waals surface area contributed by atoms with Crippen LogP contribution in [0.25, 0.3) is 5.57 Å². The Balaban J connectivity index is 1.94. The Hall–Kier alpha value is -3.31. The van der Waals surface area contributed by atoms with Gasteiger partial charge in [-0.2, -0.15) is 0 Å². The zero-order valence-corrected chi connectivity index (χ0v) is 22.2. The molecule has 202 valence electrons. The number of rotatable bonds is 9. The number of nitrogens with one attached hydrogen (secondary N) is 2. The van der Waals surface area contributed by atoms with Gasteiger partial charge in [0, 0.05) is 36.9 Å². The van der Waals surface area contributed by atoms with Crippen molar-refractivity contribution in [2.75, 3.05) is 0 Å². The van der Waals surface area contributed by atoms with Crippen LogP contribution in [0.5, 0.6) is 0 Å². The number of carbonyl (C=O) groups is 2. The predicted molar refractivity (Wildman–Crippen MR) is 135 cm³/mol. The van der Waals surface area contributed by atoms with Gasteiger partial charge in [-0.15, -0.1) is 10.2 Å². The Labute approximate surface area is 217 Å². The number of pyridine rings is 1. The van der Waals surface area contributed by atoms with E-state index >= 15 is 0 Å². The molecule has 1 aliphatic carbocycles. The summed E-state index contributed by atoms with van der Waals surface area (Å²) in [5, 5.41) is 24.6. The SMILES string of the molecule is CCC(CC)O[C@@H]1C=C(c2nnc(C(O)c3cccnc3)o2)C[C@H](NC(=O)OC(C)(C)C)[C@H]1NC(C)=O. The average molecular weight is 516 g/mol. The number of aromatic nitrogens is 3. The van der Waals surface area contributed by atoms with E-state index in [2.05, 4.69) is 25.8 Å². The molecule has 2 aromatic heterocycles. The van der Waals surface area contributed by atoms with Crippen LogP contribution >= 0.6 is 0 Å². The summed E-state index contributed by atoms with van der Waals surface area (Å²) in [5.41, 5.74) is 0.437. The molecule has 11 heteroatoms. The number of amides is 2. The van der Waals surface area contributed by atoms with Crippen molar-refractivity contribution in [3.05, 3.63) is 47.9 Å². The monoisotopic (exact) mass is 515 g/mol. The first-order valence-electron chi connectivity index (χ1n) is 12.5. The number of aliphatic hydroxyl groups is 1. The fourth-order valence-electron chi connectivity index (χ4n) is 4.12. The van der Waals surface area contributed by atoms with Crippen LogP contribution in [-0.4, -0.2) is 62.2 Å². The highest BCUT2D eigenvalue weighted by Crippen LogP contribution is 2.31. The fourth-order valence-corrected chi connectivity index (χ4v) is 4.12. The Morgan fingerprint density at radius 3 is 2.54 bits per heavy atom. The van der Waals surface area contributed by atoms with Gasteiger partial charge in [0.15, 0.2) is 6.10 Å². The van der Waals surface area contributed by atoms with E-state index in [0.717, 1.165) is 12.8 Å². The van der Waals surface area contributed by atoms with Crippen LogP contribution in [0.2, 0.25) is 0 Å². The van der Waals surface area contributed by atoms with Crippen molar-refractivity contribution in [1.29, 1.82) is 0 Å². The second-order valence-corrected chi connectivity index (χ2v) is 10.0. The van der Waals surface area contributed by atoms with Crippen LogP contribution in [0.4, 0.5) is 4.79 Å². The molecule has 0 radical (unpaired) electrons. The molecule has 1 aliphatic rings. The van der Waals surface area contributed by atoms with Crippen molar-refractivity contribution in [3.8, 4) is 0 Å². The first-order chi connectivity index (χ1) is 17.5. The number of ether oxygens (including phenoxy) is 2. The number of aliphatic hydroxyl groups excluding tert-OH is 1. The van der Waals surface area contributed by atoms with Crippen molar-refractivity contribution in [2.24, 2.45) is 0 Å². The maximum atomic E-state index is 12.7. The molecule has 11 nitrogen and oxygen atoms in total. The van der Waals surface area contributed by atoms with E-state index in [1.165, 1.54) is 13.1 Å². The molecule has 0 saturated carbocycles. The highest BCUT2D eigenvalue weighted by molar-refractivity contribution is 5.75. The Bertz CT molecular complexity index is 1080. The van der Waals surface area contributed by atoms with Gasteiger partial charge in [-0.3, -0.25) is 9.78 Å². The van der Waals surface area contributed by atoms with Crippen molar-refractivity contribution in [2.45, 2.75) is 96.8 Å². The summed E-state index contributed by atoms with van der Waals surface area (Å²) in [4.78, 5) is 28.8. The van der Waals surface area contributed by atoms with Gasteiger partial charge >= 0.3 is 6.09 Å². The lowest BCUT2D eigenvalue weighted by molar-refractivity contribution is -0.121. The smallest absolute Gasteiger partial charge is 0.407 e. The van der Waals surface area contributed by atoms with E-state index in [1.807, 2.05) is 19.9 Å². The van der Waals surface area contributed by atoms with Crippen molar-refractivity contribution < 1.29 is 28.6 Å². The average Bonchev–Trinajstić information content (AvgIpc) is 3.33. The van der Waals surface area contributed by atoms with Crippen LogP contribution in [0, 0.1) is 0 Å². The van der Waals surface area contributed by atoms with E-state index in [9.17, 15) is 14.7 Å². The van der Waals surface area contributed by atoms with E-state index in [1.54, 1.807) is 39.1 Å². The molecule has 0 aliphatic heterocycles. The summed E-state index contributed by atoms with van der Waals surface area (Å²) in [7, 11) is 0. The van der Waals surface area contributed by atoms with Crippen molar-refractivity contribution in [3.63, 3.8) is 0 Å². The topological polar surface area (TPSA) is 149 Å². The fraction of sp³-hybridized carbons (Fsp3) is 0.577. The first-order valence-corrected chi connectivity index (χ1v) is 12.5. The number of carbonyl (C=O) groups excluding carboxylic acids is 2. The summed E-state index contributed by atoms with van der Waals surface area (Å²) >= 11 is 0. The highest BCUT2D eigenvalue weighted by Gasteiger charge is 2.39. The van der Waals surface area contributed by atoms with Crippen molar-refractivity contribution >= 4 is 17.6 Å². The lowest BCUT2D eigenvalue weighted by Crippen LogP contribution is -2.59. The van der Waals surface area contributed by atoms with Gasteiger partial charge in [0.1, 0.15) is 5.60 Å². The van der Waals surface area contributed by atoms with Gasteiger partial charge in [0.25, 0.3) is 0 Å². The Morgan fingerprint density at radius 2 is 1.95 bits per heavy atom. The third kappa shape index (κ3) is 7.83. The highest BCUT2D eigenvalue weighted by atomic mass is 16.6. The molecule has 3 rings (SSSR count). The second kappa shape index (κ2) is 12.3. The maximum Gasteiger partial charge on any atom is 0.407 e. The molecule has 0 spiro atoms. The molecule has 0 saturated heterocycles. The number of hydrogen-bond donors (Lipinski definition) is 3. The van der Waals surface area contributed by atoms with Gasteiger partial charge in [-0.1, -0.05) is 19.9 Å². The van der Waals surface area contributed by atoms with Crippen molar-refractivity contribution in [1.82, 2.24) is 25.8 Å². The van der Waals surface area contributed by atoms with E-state index in [-0.39, 0.29) is 30.2 Å². The largest absolute Gasteiger partial charge is 0.444 e. The van der Waals surface area contributed by atoms with Crippen LogP contribution in [0.15, 0.2) is 35.0 Å². The first kappa shape index (κ1) is 28.3. The van der Waals surface area contributed by atoms with Gasteiger partial charge in [-0.25, -0.2) is 4.79 Å². The molecule has 4 atom stereocenters. The van der Waals surface area contributed by atoms with E-state index < -0.39 is 36.0 Å². The third-order valence-corrected chi connectivity index (χ3v) is 5.87. The molecule has 2 amide bonds. The Kier molecular flexibility index (Phi) is 9.39. The lowest BCUT2D eigenvalue weighted by Gasteiger charge is -2.38. The maximum absolute atomic E-state index is 12.7. The van der Waals surface area contributed by atoms with Gasteiger partial charge in [0.2, 0.25) is 17.7 Å². The quantitative estimate of drug-likeness (QED) is 0.457. The van der Waals surface area contributed by atoms with Gasteiger partial charge in [0.05, 0.1) is 24.3 Å². The zero-order valence-electron chi connectivity index (χ0n) is 22.2. The molecular formula is C26H37N5O6. The summed E-state index contributed by atoms with van der Waals surface area (Å²) in [5.74, 6) is -0.0500. The molecule has 1 unspecified atom stereocenters. The normalized spacial score (nSPS) is 20.8. The summed E-state index contributed by atoms with van der Waals surface area (Å²) < 4.78 is 17.7. The molecule has 3 N–H and O–H groups in total. The number of nitrogens with zero attached hydrogens (tertiary/aromatic N) is 3. The van der Waals surface area contributed by atoms with Crippen LogP contribution in [0.3, 0.4) is 0 Å². The minimum Gasteiger partial charge on any atom is -0.444 e. The minimum absolute atomic E-state index is 0.0157. The second-order valence-electron chi connectivity index (χ2n) is 10.0. The van der Waals surface area contributed by atoms with Gasteiger partial charge < -0.3 is 29.6 Å². The molecule has 0 fully saturated rings. The van der Waals surface area contributed by atoms with E-state index in [0.29, 0.717) is 11.1 Å². The summed E-state index contributed by atoms with van der Waals surface area (Å²) in [6.45, 7) is 10.8. The standard InChI is InChI=1S/C26H37N5O6/c1-7-18(8-2)35-20-13-17(23-30-31-24(36-23)22(33)16-10-9-11-27-14-16)12-19(21(20)28-15(3)32)29-25(34)37-26(4,5)6/h9-11,13-14,18-22,33H,7-8,12H2,1-6H3,(H,28,32)(H,29,34)/t19-,20+,21+,22?/m0/s1. The molecule has 0 aromatic carbocycles. The lowest BCUT2D eigenvalue weighted by atomic mass is 9.87. The zero-order chi connectivity index (χ0) is 27.2. The van der Waals surface area contributed by atoms with Crippen LogP contribution in [-0.2, 0) is 14.3 Å². The molecular weight excluding hydrogens is 478 g/mol. The Morgan fingerprint density at radius 1 is 1.22 bits per heavy atom. The summed E-state index contributed by atoms with van der Waals surface area (Å²) in [6.07, 6.45) is 4.35. The van der Waals surface area contributed by atoms with E-state index in [4.69, 9.17) is 13.9 Å².